The number of anilines is 2. The van der Waals surface area contributed by atoms with Gasteiger partial charge in [-0.1, -0.05) is 13.8 Å². The molecule has 0 aliphatic carbocycles. The number of aromatic nitrogens is 2. The number of nitrogens with one attached hydrogen (secondary N) is 1. The fraction of sp³-hybridized carbons (Fsp3) is 0.750. The molecule has 1 aromatic rings. The first-order valence-electron chi connectivity index (χ1n) is 6.13. The van der Waals surface area contributed by atoms with Gasteiger partial charge in [-0.3, -0.25) is 4.68 Å². The monoisotopic (exact) mass is 256 g/mol. The van der Waals surface area contributed by atoms with E-state index in [9.17, 15) is 0 Å². The molecule has 0 saturated heterocycles. The van der Waals surface area contributed by atoms with Crippen molar-refractivity contribution in [2.75, 3.05) is 29.6 Å². The maximum absolute atomic E-state index is 6.10. The highest BCUT2D eigenvalue weighted by Crippen LogP contribution is 2.27. The Kier molecular flexibility index (Phi) is 5.68. The molecule has 5 heteroatoms. The second-order valence-electron chi connectivity index (χ2n) is 4.55. The summed E-state index contributed by atoms with van der Waals surface area (Å²) in [5.74, 6) is 2.55. The predicted molar refractivity (Wildman–Crippen MR) is 77.8 cm³/mol. The Hall–Kier alpha value is -0.840. The third-order valence-corrected chi connectivity index (χ3v) is 3.42. The topological polar surface area (TPSA) is 55.9 Å². The number of thioether (sulfide) groups is 1. The van der Waals surface area contributed by atoms with E-state index in [0.29, 0.717) is 5.92 Å². The maximum atomic E-state index is 6.10. The van der Waals surface area contributed by atoms with Crippen LogP contribution < -0.4 is 11.1 Å². The lowest BCUT2D eigenvalue weighted by Crippen LogP contribution is -2.08. The van der Waals surface area contributed by atoms with Gasteiger partial charge in [-0.25, -0.2) is 0 Å². The summed E-state index contributed by atoms with van der Waals surface area (Å²) in [4.78, 5) is 0. The lowest BCUT2D eigenvalue weighted by molar-refractivity contribution is 0.712. The molecule has 0 saturated carbocycles. The molecule has 1 heterocycles. The Morgan fingerprint density at radius 2 is 2.12 bits per heavy atom. The quantitative estimate of drug-likeness (QED) is 0.736. The normalized spacial score (nSPS) is 11.1. The van der Waals surface area contributed by atoms with Crippen LogP contribution in [0, 0.1) is 0 Å². The Labute approximate surface area is 108 Å². The van der Waals surface area contributed by atoms with E-state index >= 15 is 0 Å². The van der Waals surface area contributed by atoms with Crippen molar-refractivity contribution >= 4 is 23.3 Å². The van der Waals surface area contributed by atoms with E-state index in [4.69, 9.17) is 5.73 Å². The van der Waals surface area contributed by atoms with Gasteiger partial charge in [0.15, 0.2) is 0 Å². The molecule has 0 amide bonds. The largest absolute Gasteiger partial charge is 0.394 e. The summed E-state index contributed by atoms with van der Waals surface area (Å²) in [6.45, 7) is 5.18. The summed E-state index contributed by atoms with van der Waals surface area (Å²) in [6, 6.07) is 0. The van der Waals surface area contributed by atoms with Crippen molar-refractivity contribution in [1.29, 1.82) is 0 Å². The number of rotatable bonds is 7. The lowest BCUT2D eigenvalue weighted by atomic mass is 10.1. The summed E-state index contributed by atoms with van der Waals surface area (Å²) in [5.41, 5.74) is 7.88. The van der Waals surface area contributed by atoms with Crippen molar-refractivity contribution in [3.05, 3.63) is 5.69 Å². The summed E-state index contributed by atoms with van der Waals surface area (Å²) in [5, 5.41) is 7.83. The Morgan fingerprint density at radius 3 is 2.65 bits per heavy atom. The van der Waals surface area contributed by atoms with E-state index < -0.39 is 0 Å². The average molecular weight is 256 g/mol. The molecule has 1 rings (SSSR count). The molecule has 0 unspecified atom stereocenters. The molecule has 4 nitrogen and oxygen atoms in total. The Balaban J connectivity index is 2.53. The van der Waals surface area contributed by atoms with Crippen LogP contribution in [0.3, 0.4) is 0 Å². The summed E-state index contributed by atoms with van der Waals surface area (Å²) in [7, 11) is 1.94. The molecular formula is C12H24N4S. The van der Waals surface area contributed by atoms with Crippen LogP contribution in [-0.2, 0) is 7.05 Å². The first-order chi connectivity index (χ1) is 8.07. The second-order valence-corrected chi connectivity index (χ2v) is 5.54. The number of hydrogen-bond acceptors (Lipinski definition) is 4. The minimum Gasteiger partial charge on any atom is -0.394 e. The van der Waals surface area contributed by atoms with Crippen LogP contribution in [0.2, 0.25) is 0 Å². The molecule has 3 N–H and O–H groups in total. The highest BCUT2D eigenvalue weighted by molar-refractivity contribution is 7.98. The minimum atomic E-state index is 0.369. The van der Waals surface area contributed by atoms with Gasteiger partial charge in [-0.15, -0.1) is 0 Å². The highest BCUT2D eigenvalue weighted by atomic mass is 32.2. The highest BCUT2D eigenvalue weighted by Gasteiger charge is 2.15. The first kappa shape index (κ1) is 14.2. The van der Waals surface area contributed by atoms with Gasteiger partial charge in [-0.2, -0.15) is 16.9 Å². The van der Waals surface area contributed by atoms with Crippen molar-refractivity contribution in [2.24, 2.45) is 7.05 Å². The Morgan fingerprint density at radius 1 is 1.41 bits per heavy atom. The van der Waals surface area contributed by atoms with Gasteiger partial charge in [-0.05, 0) is 30.8 Å². The molecule has 0 radical (unpaired) electrons. The molecule has 17 heavy (non-hydrogen) atoms. The summed E-state index contributed by atoms with van der Waals surface area (Å²) in [6.07, 6.45) is 4.55. The molecule has 0 atom stereocenters. The van der Waals surface area contributed by atoms with Gasteiger partial charge in [0, 0.05) is 13.6 Å². The number of nitrogens with zero attached hydrogens (tertiary/aromatic N) is 2. The van der Waals surface area contributed by atoms with Crippen LogP contribution >= 0.6 is 11.8 Å². The third kappa shape index (κ3) is 3.84. The summed E-state index contributed by atoms with van der Waals surface area (Å²) >= 11 is 1.89. The van der Waals surface area contributed by atoms with E-state index in [1.165, 1.54) is 18.6 Å². The average Bonchev–Trinajstić information content (AvgIpc) is 2.56. The minimum absolute atomic E-state index is 0.369. The van der Waals surface area contributed by atoms with E-state index in [1.807, 2.05) is 23.5 Å². The molecule has 0 aliphatic heterocycles. The van der Waals surface area contributed by atoms with Crippen LogP contribution in [0.15, 0.2) is 0 Å². The number of hydrogen-bond donors (Lipinski definition) is 2. The first-order valence-corrected chi connectivity index (χ1v) is 7.52. The fourth-order valence-electron chi connectivity index (χ4n) is 1.78. The number of nitrogens with two attached hydrogens (primary N) is 1. The van der Waals surface area contributed by atoms with Crippen LogP contribution in [0.5, 0.6) is 0 Å². The zero-order valence-electron chi connectivity index (χ0n) is 11.3. The van der Waals surface area contributed by atoms with Crippen LogP contribution in [0.1, 0.15) is 38.3 Å². The molecule has 0 aliphatic rings. The number of nitrogen functional groups attached to an aromatic ring is 1. The van der Waals surface area contributed by atoms with Gasteiger partial charge < -0.3 is 11.1 Å². The molecule has 0 bridgehead atoms. The molecule has 0 fully saturated rings. The van der Waals surface area contributed by atoms with Gasteiger partial charge in [0.2, 0.25) is 0 Å². The number of aryl methyl sites for hydroxylation is 1. The smallest absolute Gasteiger partial charge is 0.147 e. The fourth-order valence-corrected chi connectivity index (χ4v) is 2.27. The SMILES string of the molecule is CSCCCCNc1c(N)c(C(C)C)nn1C. The zero-order valence-corrected chi connectivity index (χ0v) is 12.1. The van der Waals surface area contributed by atoms with E-state index in [2.05, 4.69) is 30.5 Å². The Bertz CT molecular complexity index is 347. The summed E-state index contributed by atoms with van der Waals surface area (Å²) < 4.78 is 1.85. The lowest BCUT2D eigenvalue weighted by Gasteiger charge is -2.07. The van der Waals surface area contributed by atoms with Crippen LogP contribution in [-0.4, -0.2) is 28.3 Å². The number of unbranched alkanes of at least 4 members (excludes halogenated alkanes) is 1. The molecule has 0 spiro atoms. The van der Waals surface area contributed by atoms with Crippen molar-refractivity contribution in [3.63, 3.8) is 0 Å². The van der Waals surface area contributed by atoms with Crippen LogP contribution in [0.25, 0.3) is 0 Å². The zero-order chi connectivity index (χ0) is 12.8. The van der Waals surface area contributed by atoms with E-state index in [1.54, 1.807) is 0 Å². The van der Waals surface area contributed by atoms with Gasteiger partial charge in [0.05, 0.1) is 11.4 Å². The standard InChI is InChI=1S/C12H24N4S/c1-9(2)11-10(13)12(16(3)15-11)14-7-5-6-8-17-4/h9,14H,5-8,13H2,1-4H3. The predicted octanol–water partition coefficient (Wildman–Crippen LogP) is 2.68. The van der Waals surface area contributed by atoms with Crippen molar-refractivity contribution in [3.8, 4) is 0 Å². The van der Waals surface area contributed by atoms with Gasteiger partial charge >= 0.3 is 0 Å². The van der Waals surface area contributed by atoms with Gasteiger partial charge in [0.25, 0.3) is 0 Å². The third-order valence-electron chi connectivity index (χ3n) is 2.73. The van der Waals surface area contributed by atoms with E-state index in [-0.39, 0.29) is 0 Å². The molecule has 98 valence electrons. The second kappa shape index (κ2) is 6.79. The van der Waals surface area contributed by atoms with Crippen molar-refractivity contribution in [1.82, 2.24) is 9.78 Å². The van der Waals surface area contributed by atoms with Crippen molar-refractivity contribution < 1.29 is 0 Å². The molecule has 0 aromatic carbocycles. The molecular weight excluding hydrogens is 232 g/mol. The van der Waals surface area contributed by atoms with Gasteiger partial charge in [0.1, 0.15) is 5.82 Å². The van der Waals surface area contributed by atoms with Crippen LogP contribution in [0.4, 0.5) is 11.5 Å². The van der Waals surface area contributed by atoms with E-state index in [0.717, 1.165) is 23.7 Å². The van der Waals surface area contributed by atoms with Crippen molar-refractivity contribution in [2.45, 2.75) is 32.6 Å². The maximum Gasteiger partial charge on any atom is 0.147 e. The molecule has 1 aromatic heterocycles.